The van der Waals surface area contributed by atoms with Crippen LogP contribution in [-0.2, 0) is 0 Å². The van der Waals surface area contributed by atoms with Gasteiger partial charge in [0.25, 0.3) is 0 Å². The molecule has 0 saturated carbocycles. The zero-order valence-electron chi connectivity index (χ0n) is 6.52. The molecular weight excluding hydrogens is 162 g/mol. The van der Waals surface area contributed by atoms with Gasteiger partial charge in [-0.1, -0.05) is 17.7 Å². The highest BCUT2D eigenvalue weighted by molar-refractivity contribution is 6.33. The van der Waals surface area contributed by atoms with Crippen LogP contribution in [-0.4, -0.2) is 14.2 Å². The number of ether oxygens (including phenoxy) is 1. The molecule has 1 rings (SSSR count). The van der Waals surface area contributed by atoms with Crippen LogP contribution in [0.5, 0.6) is 5.75 Å². The fourth-order valence-electron chi connectivity index (χ4n) is 0.917. The van der Waals surface area contributed by atoms with E-state index in [1.165, 1.54) is 0 Å². The zero-order chi connectivity index (χ0) is 8.27. The summed E-state index contributed by atoms with van der Waals surface area (Å²) in [5.74, 6) is 0.764. The topological polar surface area (TPSA) is 21.3 Å². The molecule has 0 fully saturated rings. The average Bonchev–Trinajstić information content (AvgIpc) is 2.04. The predicted octanol–water partition coefficient (Wildman–Crippen LogP) is 2.39. The molecule has 0 saturated heterocycles. The summed E-state index contributed by atoms with van der Waals surface area (Å²) in [6, 6.07) is 5.52. The monoisotopic (exact) mass is 171 g/mol. The Balaban J connectivity index is 3.13. The Labute approximate surface area is 71.1 Å². The van der Waals surface area contributed by atoms with Gasteiger partial charge in [-0.05, 0) is 12.1 Å². The van der Waals surface area contributed by atoms with Gasteiger partial charge in [-0.3, -0.25) is 0 Å². The molecule has 0 unspecified atom stereocenters. The second kappa shape index (κ2) is 3.49. The molecule has 0 aliphatic rings. The lowest BCUT2D eigenvalue weighted by Crippen LogP contribution is -1.93. The Hall–Kier alpha value is -0.890. The summed E-state index contributed by atoms with van der Waals surface area (Å²) in [4.78, 5) is 0. The van der Waals surface area contributed by atoms with Gasteiger partial charge in [0.15, 0.2) is 0 Å². The maximum Gasteiger partial charge on any atom is 0.143 e. The quantitative estimate of drug-likeness (QED) is 0.738. The number of rotatable bonds is 2. The third-order valence-corrected chi connectivity index (χ3v) is 1.76. The molecule has 0 atom stereocenters. The van der Waals surface area contributed by atoms with E-state index in [0.717, 1.165) is 11.4 Å². The first kappa shape index (κ1) is 8.21. The van der Waals surface area contributed by atoms with Gasteiger partial charge in [-0.15, -0.1) is 0 Å². The van der Waals surface area contributed by atoms with Crippen LogP contribution >= 0.6 is 11.6 Å². The van der Waals surface area contributed by atoms with E-state index in [0.29, 0.717) is 5.02 Å². The first-order valence-corrected chi connectivity index (χ1v) is 3.67. The van der Waals surface area contributed by atoms with Crippen LogP contribution in [0.2, 0.25) is 5.02 Å². The van der Waals surface area contributed by atoms with Crippen molar-refractivity contribution in [1.82, 2.24) is 0 Å². The van der Waals surface area contributed by atoms with E-state index in [-0.39, 0.29) is 0 Å². The highest BCUT2D eigenvalue weighted by Gasteiger charge is 2.03. The van der Waals surface area contributed by atoms with E-state index in [9.17, 15) is 0 Å². The number of benzene rings is 1. The van der Waals surface area contributed by atoms with E-state index in [1.807, 2.05) is 25.2 Å². The van der Waals surface area contributed by atoms with Gasteiger partial charge in [0.2, 0.25) is 0 Å². The lowest BCUT2D eigenvalue weighted by atomic mass is 10.3. The summed E-state index contributed by atoms with van der Waals surface area (Å²) >= 11 is 5.87. The summed E-state index contributed by atoms with van der Waals surface area (Å²) < 4.78 is 5.07. The van der Waals surface area contributed by atoms with Crippen LogP contribution in [0, 0.1) is 0 Å². The van der Waals surface area contributed by atoms with Gasteiger partial charge >= 0.3 is 0 Å². The van der Waals surface area contributed by atoms with Crippen LogP contribution in [0.1, 0.15) is 0 Å². The Kier molecular flexibility index (Phi) is 2.60. The normalized spacial score (nSPS) is 9.36. The molecule has 1 N–H and O–H groups in total. The second-order valence-corrected chi connectivity index (χ2v) is 2.47. The first-order valence-electron chi connectivity index (χ1n) is 3.30. The SMILES string of the molecule is CNc1c(Cl)cccc1OC. The smallest absolute Gasteiger partial charge is 0.143 e. The first-order chi connectivity index (χ1) is 5.29. The lowest BCUT2D eigenvalue weighted by Gasteiger charge is -2.08. The van der Waals surface area contributed by atoms with Crippen molar-refractivity contribution in [2.24, 2.45) is 0 Å². The molecule has 0 aromatic heterocycles. The molecule has 0 spiro atoms. The summed E-state index contributed by atoms with van der Waals surface area (Å²) in [7, 11) is 3.43. The second-order valence-electron chi connectivity index (χ2n) is 2.07. The minimum absolute atomic E-state index is 0.673. The number of hydrogen-bond acceptors (Lipinski definition) is 2. The van der Waals surface area contributed by atoms with Gasteiger partial charge < -0.3 is 10.1 Å². The summed E-state index contributed by atoms with van der Waals surface area (Å²) in [6.45, 7) is 0. The van der Waals surface area contributed by atoms with Crippen LogP contribution in [0.25, 0.3) is 0 Å². The van der Waals surface area contributed by atoms with Gasteiger partial charge in [0.05, 0.1) is 17.8 Å². The van der Waals surface area contributed by atoms with E-state index < -0.39 is 0 Å². The van der Waals surface area contributed by atoms with Crippen molar-refractivity contribution in [3.8, 4) is 5.75 Å². The molecule has 0 aliphatic carbocycles. The number of methoxy groups -OCH3 is 1. The fourth-order valence-corrected chi connectivity index (χ4v) is 1.18. The minimum Gasteiger partial charge on any atom is -0.495 e. The minimum atomic E-state index is 0.673. The van der Waals surface area contributed by atoms with Crippen molar-refractivity contribution in [2.75, 3.05) is 19.5 Å². The third kappa shape index (κ3) is 1.57. The Morgan fingerprint density at radius 3 is 2.64 bits per heavy atom. The Bertz CT molecular complexity index is 250. The lowest BCUT2D eigenvalue weighted by molar-refractivity contribution is 0.416. The summed E-state index contributed by atoms with van der Waals surface area (Å²) in [6.07, 6.45) is 0. The Morgan fingerprint density at radius 2 is 2.18 bits per heavy atom. The molecule has 11 heavy (non-hydrogen) atoms. The van der Waals surface area contributed by atoms with Gasteiger partial charge in [-0.2, -0.15) is 0 Å². The van der Waals surface area contributed by atoms with Crippen molar-refractivity contribution in [1.29, 1.82) is 0 Å². The molecule has 0 aliphatic heterocycles. The molecule has 0 bridgehead atoms. The van der Waals surface area contributed by atoms with Crippen molar-refractivity contribution in [3.63, 3.8) is 0 Å². The van der Waals surface area contributed by atoms with Crippen molar-refractivity contribution in [3.05, 3.63) is 23.2 Å². The van der Waals surface area contributed by atoms with E-state index in [2.05, 4.69) is 5.32 Å². The molecule has 0 radical (unpaired) electrons. The fraction of sp³-hybridized carbons (Fsp3) is 0.250. The molecule has 1 aromatic carbocycles. The third-order valence-electron chi connectivity index (χ3n) is 1.45. The summed E-state index contributed by atoms with van der Waals surface area (Å²) in [5.41, 5.74) is 0.830. The standard InChI is InChI=1S/C8H10ClNO/c1-10-8-6(9)4-3-5-7(8)11-2/h3-5,10H,1-2H3. The molecule has 2 nitrogen and oxygen atoms in total. The maximum absolute atomic E-state index is 5.87. The molecule has 0 heterocycles. The van der Waals surface area contributed by atoms with Gasteiger partial charge in [0, 0.05) is 7.05 Å². The largest absolute Gasteiger partial charge is 0.495 e. The molecular formula is C8H10ClNO. The summed E-state index contributed by atoms with van der Waals surface area (Å²) in [5, 5.41) is 3.63. The maximum atomic E-state index is 5.87. The molecule has 3 heteroatoms. The highest BCUT2D eigenvalue weighted by Crippen LogP contribution is 2.30. The van der Waals surface area contributed by atoms with Crippen molar-refractivity contribution < 1.29 is 4.74 Å². The average molecular weight is 172 g/mol. The van der Waals surface area contributed by atoms with E-state index in [4.69, 9.17) is 16.3 Å². The number of para-hydroxylation sites is 1. The van der Waals surface area contributed by atoms with Crippen molar-refractivity contribution in [2.45, 2.75) is 0 Å². The van der Waals surface area contributed by atoms with Crippen LogP contribution in [0.4, 0.5) is 5.69 Å². The van der Waals surface area contributed by atoms with Crippen LogP contribution < -0.4 is 10.1 Å². The van der Waals surface area contributed by atoms with Gasteiger partial charge in [-0.25, -0.2) is 0 Å². The molecule has 1 aromatic rings. The molecule has 0 amide bonds. The zero-order valence-corrected chi connectivity index (χ0v) is 7.27. The highest BCUT2D eigenvalue weighted by atomic mass is 35.5. The van der Waals surface area contributed by atoms with Gasteiger partial charge in [0.1, 0.15) is 5.75 Å². The van der Waals surface area contributed by atoms with Crippen LogP contribution in [0.15, 0.2) is 18.2 Å². The number of nitrogens with one attached hydrogen (secondary N) is 1. The van der Waals surface area contributed by atoms with Crippen LogP contribution in [0.3, 0.4) is 0 Å². The Morgan fingerprint density at radius 1 is 1.45 bits per heavy atom. The van der Waals surface area contributed by atoms with Crippen molar-refractivity contribution >= 4 is 17.3 Å². The number of halogens is 1. The number of hydrogen-bond donors (Lipinski definition) is 1. The van der Waals surface area contributed by atoms with E-state index in [1.54, 1.807) is 7.11 Å². The number of anilines is 1. The molecule has 60 valence electrons. The van der Waals surface area contributed by atoms with E-state index >= 15 is 0 Å². The predicted molar refractivity (Wildman–Crippen MR) is 47.6 cm³/mol.